The molecule has 0 aromatic rings. The van der Waals surface area contributed by atoms with Crippen LogP contribution in [0.3, 0.4) is 0 Å². The van der Waals surface area contributed by atoms with Crippen molar-refractivity contribution in [3.63, 3.8) is 0 Å². The molecule has 0 unspecified atom stereocenters. The molecule has 2 nitrogen and oxygen atoms in total. The maximum atomic E-state index is 10.3. The van der Waals surface area contributed by atoms with Gasteiger partial charge in [0.25, 0.3) is 0 Å². The number of terminal acetylenes is 1. The van der Waals surface area contributed by atoms with E-state index in [1.54, 1.807) is 0 Å². The minimum atomic E-state index is -0.363. The van der Waals surface area contributed by atoms with Gasteiger partial charge in [-0.3, -0.25) is 4.79 Å². The van der Waals surface area contributed by atoms with E-state index in [2.05, 4.69) is 22.5 Å². The van der Waals surface area contributed by atoms with Crippen LogP contribution in [0.25, 0.3) is 0 Å². The van der Waals surface area contributed by atoms with E-state index in [9.17, 15) is 4.79 Å². The topological polar surface area (TPSA) is 26.3 Å². The second-order valence-corrected chi connectivity index (χ2v) is 1.20. The highest BCUT2D eigenvalue weighted by molar-refractivity contribution is 5.72. The van der Waals surface area contributed by atoms with Crippen LogP contribution in [-0.4, -0.2) is 13.1 Å². The molecule has 0 radical (unpaired) electrons. The Bertz CT molecular complexity index is 187. The maximum absolute atomic E-state index is 10.3. The molecule has 0 atom stereocenters. The summed E-state index contributed by atoms with van der Waals surface area (Å²) in [6.07, 6.45) is 4.85. The molecule has 0 heterocycles. The zero-order valence-electron chi connectivity index (χ0n) is 5.10. The van der Waals surface area contributed by atoms with Crippen molar-refractivity contribution in [1.82, 2.24) is 0 Å². The van der Waals surface area contributed by atoms with Crippen molar-refractivity contribution < 1.29 is 9.53 Å². The number of ether oxygens (including phenoxy) is 1. The molecular formula is C7H6O2. The largest absolute Gasteiger partial charge is 0.468 e. The van der Waals surface area contributed by atoms with Crippen LogP contribution in [0, 0.1) is 24.2 Å². The quantitative estimate of drug-likeness (QED) is 0.366. The predicted molar refractivity (Wildman–Crippen MR) is 33.2 cm³/mol. The summed E-state index contributed by atoms with van der Waals surface area (Å²) in [6.45, 7) is 0. The first-order valence-corrected chi connectivity index (χ1v) is 2.31. The first-order chi connectivity index (χ1) is 4.31. The Hall–Kier alpha value is -1.41. The number of carbonyl (C=O) groups excluding carboxylic acids is 1. The number of carbonyl (C=O) groups is 1. The van der Waals surface area contributed by atoms with Gasteiger partial charge in [0, 0.05) is 0 Å². The maximum Gasteiger partial charge on any atom is 0.317 e. The van der Waals surface area contributed by atoms with Gasteiger partial charge in [-0.05, 0) is 11.8 Å². The summed E-state index contributed by atoms with van der Waals surface area (Å²) in [5, 5.41) is 0. The summed E-state index contributed by atoms with van der Waals surface area (Å²) < 4.78 is 4.29. The molecule has 0 aliphatic carbocycles. The minimum absolute atomic E-state index is 0.0701. The van der Waals surface area contributed by atoms with Gasteiger partial charge in [-0.25, -0.2) is 0 Å². The summed E-state index contributed by atoms with van der Waals surface area (Å²) in [4.78, 5) is 10.3. The van der Waals surface area contributed by atoms with Crippen molar-refractivity contribution in [2.45, 2.75) is 6.42 Å². The van der Waals surface area contributed by atoms with Gasteiger partial charge < -0.3 is 4.74 Å². The van der Waals surface area contributed by atoms with E-state index in [-0.39, 0.29) is 12.4 Å². The van der Waals surface area contributed by atoms with Crippen LogP contribution in [-0.2, 0) is 9.53 Å². The predicted octanol–water partition coefficient (Wildman–Crippen LogP) is 0.186. The van der Waals surface area contributed by atoms with E-state index in [1.807, 2.05) is 0 Å². The lowest BCUT2D eigenvalue weighted by molar-refractivity contribution is -0.139. The Morgan fingerprint density at radius 2 is 2.44 bits per heavy atom. The lowest BCUT2D eigenvalue weighted by Gasteiger charge is -1.87. The van der Waals surface area contributed by atoms with Gasteiger partial charge in [-0.2, -0.15) is 0 Å². The van der Waals surface area contributed by atoms with Gasteiger partial charge in [0.1, 0.15) is 6.42 Å². The van der Waals surface area contributed by atoms with Gasteiger partial charge in [-0.1, -0.05) is 5.92 Å². The molecule has 0 spiro atoms. The number of esters is 1. The molecular weight excluding hydrogens is 116 g/mol. The van der Waals surface area contributed by atoms with Crippen molar-refractivity contribution >= 4 is 5.97 Å². The van der Waals surface area contributed by atoms with Gasteiger partial charge in [0.15, 0.2) is 0 Å². The summed E-state index contributed by atoms with van der Waals surface area (Å²) in [6, 6.07) is 0. The zero-order valence-corrected chi connectivity index (χ0v) is 5.10. The van der Waals surface area contributed by atoms with Crippen molar-refractivity contribution in [2.75, 3.05) is 7.11 Å². The standard InChI is InChI=1S/C7H6O2/c1-3-4-5-6-7(8)9-2/h1H,6H2,2H3. The summed E-state index contributed by atoms with van der Waals surface area (Å²) >= 11 is 0. The number of methoxy groups -OCH3 is 1. The Morgan fingerprint density at radius 3 is 2.89 bits per heavy atom. The van der Waals surface area contributed by atoms with Crippen molar-refractivity contribution in [3.05, 3.63) is 0 Å². The Balaban J connectivity index is 3.53. The monoisotopic (exact) mass is 122 g/mol. The molecule has 0 amide bonds. The van der Waals surface area contributed by atoms with Crippen LogP contribution in [0.5, 0.6) is 0 Å². The Morgan fingerprint density at radius 1 is 1.78 bits per heavy atom. The summed E-state index contributed by atoms with van der Waals surface area (Å²) in [5.74, 6) is 6.43. The van der Waals surface area contributed by atoms with E-state index < -0.39 is 0 Å². The first-order valence-electron chi connectivity index (χ1n) is 2.31. The molecule has 0 aliphatic heterocycles. The molecule has 0 rings (SSSR count). The lowest BCUT2D eigenvalue weighted by atomic mass is 10.4. The summed E-state index contributed by atoms with van der Waals surface area (Å²) in [7, 11) is 1.31. The van der Waals surface area contributed by atoms with E-state index >= 15 is 0 Å². The molecule has 0 aromatic heterocycles. The van der Waals surface area contributed by atoms with Gasteiger partial charge in [0.05, 0.1) is 7.11 Å². The Labute approximate surface area is 54.2 Å². The van der Waals surface area contributed by atoms with Gasteiger partial charge in [0.2, 0.25) is 0 Å². The fraction of sp³-hybridized carbons (Fsp3) is 0.286. The number of hydrogen-bond donors (Lipinski definition) is 0. The first kappa shape index (κ1) is 7.59. The molecule has 0 saturated carbocycles. The number of hydrogen-bond acceptors (Lipinski definition) is 2. The van der Waals surface area contributed by atoms with E-state index in [0.29, 0.717) is 0 Å². The smallest absolute Gasteiger partial charge is 0.317 e. The second-order valence-electron chi connectivity index (χ2n) is 1.20. The third-order valence-electron chi connectivity index (χ3n) is 0.621. The van der Waals surface area contributed by atoms with E-state index in [4.69, 9.17) is 6.42 Å². The molecule has 2 heteroatoms. The highest BCUT2D eigenvalue weighted by Gasteiger charge is 1.91. The van der Waals surface area contributed by atoms with Crippen LogP contribution >= 0.6 is 0 Å². The minimum Gasteiger partial charge on any atom is -0.468 e. The zero-order chi connectivity index (χ0) is 7.11. The Kier molecular flexibility index (Phi) is 4.00. The third kappa shape index (κ3) is 4.44. The molecule has 0 N–H and O–H groups in total. The normalized spacial score (nSPS) is 6.22. The van der Waals surface area contributed by atoms with Gasteiger partial charge >= 0.3 is 5.97 Å². The fourth-order valence-electron chi connectivity index (χ4n) is 0.240. The SMILES string of the molecule is C#CC#CCC(=O)OC. The lowest BCUT2D eigenvalue weighted by Crippen LogP contribution is -1.96. The fourth-order valence-corrected chi connectivity index (χ4v) is 0.240. The molecule has 46 valence electrons. The van der Waals surface area contributed by atoms with Crippen LogP contribution in [0.4, 0.5) is 0 Å². The van der Waals surface area contributed by atoms with Crippen molar-refractivity contribution in [2.24, 2.45) is 0 Å². The van der Waals surface area contributed by atoms with Crippen LogP contribution in [0.1, 0.15) is 6.42 Å². The van der Waals surface area contributed by atoms with Crippen LogP contribution in [0.15, 0.2) is 0 Å². The van der Waals surface area contributed by atoms with Gasteiger partial charge in [-0.15, -0.1) is 6.42 Å². The molecule has 0 aromatic carbocycles. The highest BCUT2D eigenvalue weighted by atomic mass is 16.5. The molecule has 0 saturated heterocycles. The van der Waals surface area contributed by atoms with Crippen LogP contribution < -0.4 is 0 Å². The molecule has 9 heavy (non-hydrogen) atoms. The average Bonchev–Trinajstić information content (AvgIpc) is 1.89. The third-order valence-corrected chi connectivity index (χ3v) is 0.621. The van der Waals surface area contributed by atoms with E-state index in [0.717, 1.165) is 0 Å². The molecule has 0 bridgehead atoms. The molecule has 0 fully saturated rings. The number of rotatable bonds is 1. The van der Waals surface area contributed by atoms with E-state index in [1.165, 1.54) is 7.11 Å². The van der Waals surface area contributed by atoms with Crippen molar-refractivity contribution in [1.29, 1.82) is 0 Å². The summed E-state index contributed by atoms with van der Waals surface area (Å²) in [5.41, 5.74) is 0. The highest BCUT2D eigenvalue weighted by Crippen LogP contribution is 1.78. The average molecular weight is 122 g/mol. The van der Waals surface area contributed by atoms with Crippen molar-refractivity contribution in [3.8, 4) is 24.2 Å². The van der Waals surface area contributed by atoms with Crippen LogP contribution in [0.2, 0.25) is 0 Å². The molecule has 0 aliphatic rings. The second kappa shape index (κ2) is 4.74.